The lowest BCUT2D eigenvalue weighted by Crippen LogP contribution is -2.22. The van der Waals surface area contributed by atoms with E-state index in [0.717, 1.165) is 23.2 Å². The van der Waals surface area contributed by atoms with Crippen LogP contribution in [0, 0.1) is 0 Å². The summed E-state index contributed by atoms with van der Waals surface area (Å²) in [7, 11) is 0. The van der Waals surface area contributed by atoms with Crippen molar-refractivity contribution >= 4 is 29.9 Å². The first-order chi connectivity index (χ1) is 13.6. The molecular weight excluding hydrogens is 356 g/mol. The fourth-order valence-electron chi connectivity index (χ4n) is 2.20. The molecule has 2 rings (SSSR count). The highest BCUT2D eigenvalue weighted by molar-refractivity contribution is 5.80. The lowest BCUT2D eigenvalue weighted by atomic mass is 10.1. The average molecular weight is 378 g/mol. The van der Waals surface area contributed by atoms with Gasteiger partial charge in [-0.1, -0.05) is 42.5 Å². The summed E-state index contributed by atoms with van der Waals surface area (Å²) in [4.78, 5) is 22.7. The van der Waals surface area contributed by atoms with Gasteiger partial charge in [0, 0.05) is 11.4 Å². The van der Waals surface area contributed by atoms with Crippen LogP contribution in [0.25, 0.3) is 6.08 Å². The van der Waals surface area contributed by atoms with E-state index in [1.54, 1.807) is 42.5 Å². The van der Waals surface area contributed by atoms with Gasteiger partial charge in [0.2, 0.25) is 6.10 Å². The number of hydrogen-bond acceptors (Lipinski definition) is 6. The predicted octanol–water partition coefficient (Wildman–Crippen LogP) is 3.26. The lowest BCUT2D eigenvalue weighted by Gasteiger charge is -2.08. The van der Waals surface area contributed by atoms with Gasteiger partial charge in [-0.2, -0.15) is 0 Å². The summed E-state index contributed by atoms with van der Waals surface area (Å²) in [5, 5.41) is 0. The van der Waals surface area contributed by atoms with Gasteiger partial charge in [-0.05, 0) is 54.0 Å². The summed E-state index contributed by atoms with van der Waals surface area (Å²) in [5.41, 5.74) is 14.5. The summed E-state index contributed by atoms with van der Waals surface area (Å²) in [6.45, 7) is 0.204. The second-order valence-electron chi connectivity index (χ2n) is 5.82. The molecule has 0 amide bonds. The molecule has 0 saturated carbocycles. The summed E-state index contributed by atoms with van der Waals surface area (Å²) < 4.78 is 9.76. The van der Waals surface area contributed by atoms with E-state index in [1.807, 2.05) is 30.3 Å². The van der Waals surface area contributed by atoms with E-state index >= 15 is 0 Å². The Hall–Kier alpha value is -3.80. The molecule has 0 aliphatic heterocycles. The van der Waals surface area contributed by atoms with E-state index < -0.39 is 12.1 Å². The number of nitrogen functional groups attached to an aromatic ring is 2. The number of ether oxygens (including phenoxy) is 2. The van der Waals surface area contributed by atoms with Gasteiger partial charge in [-0.3, -0.25) is 4.79 Å². The number of carbonyl (C=O) groups is 2. The van der Waals surface area contributed by atoms with Crippen molar-refractivity contribution in [1.82, 2.24) is 0 Å². The van der Waals surface area contributed by atoms with Crippen molar-refractivity contribution in [3.05, 3.63) is 90.2 Å². The van der Waals surface area contributed by atoms with E-state index in [2.05, 4.69) is 0 Å². The number of nitrogens with two attached hydrogens (primary N) is 2. The Morgan fingerprint density at radius 2 is 1.61 bits per heavy atom. The molecule has 0 aromatic heterocycles. The van der Waals surface area contributed by atoms with Crippen molar-refractivity contribution in [2.24, 2.45) is 0 Å². The average Bonchev–Trinajstić information content (AvgIpc) is 2.70. The molecule has 0 spiro atoms. The predicted molar refractivity (Wildman–Crippen MR) is 110 cm³/mol. The van der Waals surface area contributed by atoms with Gasteiger partial charge in [0.25, 0.3) is 6.47 Å². The molecule has 0 heterocycles. The standard InChI is InChI=1S/C22H22N2O4/c23-19-10-5-17(6-11-19)4-2-1-3-15-27-22(26)21(28-16-25)14-9-18-7-12-20(24)13-8-18/h1-3,5-16,21H,4,23-24H2. The van der Waals surface area contributed by atoms with Gasteiger partial charge in [-0.15, -0.1) is 0 Å². The molecule has 0 bridgehead atoms. The van der Waals surface area contributed by atoms with Crippen LogP contribution in [-0.4, -0.2) is 18.5 Å². The number of allylic oxidation sites excluding steroid dienone is 3. The van der Waals surface area contributed by atoms with Gasteiger partial charge in [0.05, 0.1) is 6.26 Å². The molecule has 0 saturated heterocycles. The highest BCUT2D eigenvalue weighted by atomic mass is 16.6. The number of esters is 1. The Bertz CT molecular complexity index is 853. The number of anilines is 2. The summed E-state index contributed by atoms with van der Waals surface area (Å²) in [6, 6.07) is 14.6. The third kappa shape index (κ3) is 7.21. The number of carbonyl (C=O) groups excluding carboxylic acids is 2. The Morgan fingerprint density at radius 1 is 0.964 bits per heavy atom. The van der Waals surface area contributed by atoms with E-state index in [4.69, 9.17) is 20.9 Å². The molecular formula is C22H22N2O4. The minimum absolute atomic E-state index is 0.204. The molecule has 0 aliphatic rings. The van der Waals surface area contributed by atoms with Crippen LogP contribution in [0.5, 0.6) is 0 Å². The van der Waals surface area contributed by atoms with Gasteiger partial charge in [0.15, 0.2) is 0 Å². The largest absolute Gasteiger partial charge is 0.448 e. The highest BCUT2D eigenvalue weighted by Gasteiger charge is 2.17. The smallest absolute Gasteiger partial charge is 0.356 e. The maximum absolute atomic E-state index is 12.0. The van der Waals surface area contributed by atoms with E-state index in [1.165, 1.54) is 12.3 Å². The summed E-state index contributed by atoms with van der Waals surface area (Å²) in [6.07, 6.45) is 9.15. The van der Waals surface area contributed by atoms with E-state index in [-0.39, 0.29) is 6.47 Å². The Kier molecular flexibility index (Phi) is 8.08. The SMILES string of the molecule is Nc1ccc(C=CC(OC=O)C(=O)OC=CC=CCc2ccc(N)cc2)cc1. The maximum Gasteiger partial charge on any atom is 0.356 e. The van der Waals surface area contributed by atoms with Gasteiger partial charge in [0.1, 0.15) is 0 Å². The van der Waals surface area contributed by atoms with Crippen molar-refractivity contribution in [1.29, 1.82) is 0 Å². The zero-order valence-electron chi connectivity index (χ0n) is 15.2. The molecule has 0 aliphatic carbocycles. The van der Waals surface area contributed by atoms with Crippen molar-refractivity contribution in [3.8, 4) is 0 Å². The van der Waals surface area contributed by atoms with Crippen molar-refractivity contribution < 1.29 is 19.1 Å². The monoisotopic (exact) mass is 378 g/mol. The first-order valence-corrected chi connectivity index (χ1v) is 8.58. The number of hydrogen-bond donors (Lipinski definition) is 2. The first-order valence-electron chi connectivity index (χ1n) is 8.58. The summed E-state index contributed by atoms with van der Waals surface area (Å²) >= 11 is 0. The van der Waals surface area contributed by atoms with Crippen LogP contribution in [0.4, 0.5) is 11.4 Å². The molecule has 2 aromatic carbocycles. The second-order valence-corrected chi connectivity index (χ2v) is 5.82. The zero-order valence-corrected chi connectivity index (χ0v) is 15.2. The second kappa shape index (κ2) is 11.0. The van der Waals surface area contributed by atoms with E-state index in [0.29, 0.717) is 5.69 Å². The molecule has 0 fully saturated rings. The Balaban J connectivity index is 1.84. The topological polar surface area (TPSA) is 105 Å². The van der Waals surface area contributed by atoms with Gasteiger partial charge >= 0.3 is 5.97 Å². The third-order valence-corrected chi connectivity index (χ3v) is 3.68. The molecule has 4 N–H and O–H groups in total. The first kappa shape index (κ1) is 20.5. The number of benzene rings is 2. The minimum Gasteiger partial charge on any atom is -0.448 e. The quantitative estimate of drug-likeness (QED) is 0.228. The summed E-state index contributed by atoms with van der Waals surface area (Å²) in [5.74, 6) is -0.707. The van der Waals surface area contributed by atoms with Crippen LogP contribution in [-0.2, 0) is 25.5 Å². The Morgan fingerprint density at radius 3 is 2.25 bits per heavy atom. The van der Waals surface area contributed by atoms with Crippen molar-refractivity contribution in [2.45, 2.75) is 12.5 Å². The van der Waals surface area contributed by atoms with Crippen molar-refractivity contribution in [3.63, 3.8) is 0 Å². The van der Waals surface area contributed by atoms with Crippen LogP contribution in [0.3, 0.4) is 0 Å². The molecule has 2 aromatic rings. The highest BCUT2D eigenvalue weighted by Crippen LogP contribution is 2.09. The van der Waals surface area contributed by atoms with E-state index in [9.17, 15) is 9.59 Å². The van der Waals surface area contributed by atoms with Crippen LogP contribution in [0.2, 0.25) is 0 Å². The minimum atomic E-state index is -1.14. The third-order valence-electron chi connectivity index (χ3n) is 3.68. The molecule has 6 nitrogen and oxygen atoms in total. The zero-order chi connectivity index (χ0) is 20.2. The fourth-order valence-corrected chi connectivity index (χ4v) is 2.20. The molecule has 144 valence electrons. The van der Waals surface area contributed by atoms with Gasteiger partial charge < -0.3 is 20.9 Å². The van der Waals surface area contributed by atoms with Gasteiger partial charge in [-0.25, -0.2) is 4.79 Å². The lowest BCUT2D eigenvalue weighted by molar-refractivity contribution is -0.153. The van der Waals surface area contributed by atoms with Crippen LogP contribution in [0.15, 0.2) is 79.1 Å². The van der Waals surface area contributed by atoms with Crippen molar-refractivity contribution in [2.75, 3.05) is 11.5 Å². The molecule has 0 radical (unpaired) electrons. The van der Waals surface area contributed by atoms with Crippen LogP contribution < -0.4 is 11.5 Å². The molecule has 28 heavy (non-hydrogen) atoms. The van der Waals surface area contributed by atoms with Crippen LogP contribution in [0.1, 0.15) is 11.1 Å². The maximum atomic E-state index is 12.0. The molecule has 6 heteroatoms. The fraction of sp³-hybridized carbons (Fsp3) is 0.0909. The van der Waals surface area contributed by atoms with Crippen LogP contribution >= 0.6 is 0 Å². The normalized spacial score (nSPS) is 12.4. The number of rotatable bonds is 9. The molecule has 1 unspecified atom stereocenters. The molecule has 1 atom stereocenters. The Labute approximate surface area is 163 Å².